The molecule has 5 nitrogen and oxygen atoms in total. The van der Waals surface area contributed by atoms with Crippen LogP contribution in [-0.4, -0.2) is 16.8 Å². The Balaban J connectivity index is 1.91. The normalized spacial score (nSPS) is 10.4. The zero-order valence-electron chi connectivity index (χ0n) is 12.8. The molecule has 1 heterocycles. The van der Waals surface area contributed by atoms with Gasteiger partial charge in [0.1, 0.15) is 0 Å². The summed E-state index contributed by atoms with van der Waals surface area (Å²) in [6.45, 7) is 1.41. The summed E-state index contributed by atoms with van der Waals surface area (Å²) in [5.74, 6) is -0.489. The van der Waals surface area contributed by atoms with Crippen LogP contribution in [0.1, 0.15) is 17.3 Å². The number of hydrogen-bond donors (Lipinski definition) is 2. The lowest BCUT2D eigenvalue weighted by atomic mass is 10.1. The van der Waals surface area contributed by atoms with Crippen molar-refractivity contribution in [2.45, 2.75) is 6.92 Å². The third-order valence-electron chi connectivity index (χ3n) is 3.41. The van der Waals surface area contributed by atoms with Gasteiger partial charge in [-0.3, -0.25) is 14.6 Å². The number of benzene rings is 2. The minimum Gasteiger partial charge on any atom is -0.326 e. The third-order valence-corrected chi connectivity index (χ3v) is 3.74. The molecule has 2 N–H and O–H groups in total. The smallest absolute Gasteiger partial charge is 0.255 e. The number of carbonyl (C=O) groups is 2. The Hall–Kier alpha value is -2.92. The molecule has 0 aliphatic rings. The molecule has 0 saturated heterocycles. The van der Waals surface area contributed by atoms with Gasteiger partial charge in [-0.2, -0.15) is 0 Å². The number of carbonyl (C=O) groups excluding carboxylic acids is 2. The molecule has 0 spiro atoms. The predicted octanol–water partition coefficient (Wildman–Crippen LogP) is 4.10. The summed E-state index contributed by atoms with van der Waals surface area (Å²) in [6, 6.07) is 13.8. The zero-order chi connectivity index (χ0) is 17.1. The standard InChI is InChI=1S/C18H14ClN3O2/c1-11(23)21-13-5-2-4-12(10-13)18(24)22-16-8-7-15(19)14-6-3-9-20-17(14)16/h2-10H,1H3,(H,21,23)(H,22,24). The van der Waals surface area contributed by atoms with Gasteiger partial charge in [0.15, 0.2) is 0 Å². The number of nitrogens with one attached hydrogen (secondary N) is 2. The molecule has 0 aliphatic carbocycles. The first kappa shape index (κ1) is 16.0. The van der Waals surface area contributed by atoms with E-state index in [1.54, 1.807) is 48.7 Å². The number of amides is 2. The van der Waals surface area contributed by atoms with Crippen molar-refractivity contribution in [2.24, 2.45) is 0 Å². The number of halogens is 1. The van der Waals surface area contributed by atoms with E-state index in [1.165, 1.54) is 6.92 Å². The van der Waals surface area contributed by atoms with Crippen LogP contribution in [0.2, 0.25) is 5.02 Å². The third kappa shape index (κ3) is 3.36. The van der Waals surface area contributed by atoms with Crippen molar-refractivity contribution in [3.63, 3.8) is 0 Å². The predicted molar refractivity (Wildman–Crippen MR) is 95.5 cm³/mol. The number of rotatable bonds is 3. The lowest BCUT2D eigenvalue weighted by molar-refractivity contribution is -0.114. The Morgan fingerprint density at radius 1 is 1.04 bits per heavy atom. The molecule has 0 aliphatic heterocycles. The van der Waals surface area contributed by atoms with Crippen LogP contribution in [0.5, 0.6) is 0 Å². The van der Waals surface area contributed by atoms with Gasteiger partial charge in [-0.05, 0) is 42.5 Å². The molecule has 6 heteroatoms. The van der Waals surface area contributed by atoms with Gasteiger partial charge in [-0.25, -0.2) is 0 Å². The summed E-state index contributed by atoms with van der Waals surface area (Å²) in [6.07, 6.45) is 1.64. The van der Waals surface area contributed by atoms with Gasteiger partial charge in [0, 0.05) is 29.8 Å². The van der Waals surface area contributed by atoms with E-state index in [0.29, 0.717) is 27.5 Å². The van der Waals surface area contributed by atoms with Crippen LogP contribution in [0.15, 0.2) is 54.7 Å². The van der Waals surface area contributed by atoms with E-state index in [9.17, 15) is 9.59 Å². The Kier molecular flexibility index (Phi) is 4.44. The van der Waals surface area contributed by atoms with E-state index in [4.69, 9.17) is 11.6 Å². The average molecular weight is 340 g/mol. The maximum atomic E-state index is 12.5. The van der Waals surface area contributed by atoms with E-state index >= 15 is 0 Å². The molecule has 3 rings (SSSR count). The summed E-state index contributed by atoms with van der Waals surface area (Å²) in [5.41, 5.74) is 2.19. The number of aromatic nitrogens is 1. The van der Waals surface area contributed by atoms with E-state index < -0.39 is 0 Å². The van der Waals surface area contributed by atoms with Crippen LogP contribution in [0, 0.1) is 0 Å². The van der Waals surface area contributed by atoms with Gasteiger partial charge >= 0.3 is 0 Å². The first-order valence-corrected chi connectivity index (χ1v) is 7.64. The van der Waals surface area contributed by atoms with Gasteiger partial charge in [-0.1, -0.05) is 17.7 Å². The molecular formula is C18H14ClN3O2. The molecular weight excluding hydrogens is 326 g/mol. The molecule has 2 amide bonds. The van der Waals surface area contributed by atoms with Gasteiger partial charge in [0.05, 0.1) is 16.2 Å². The molecule has 120 valence electrons. The molecule has 0 saturated carbocycles. The maximum absolute atomic E-state index is 12.5. The van der Waals surface area contributed by atoms with Crippen LogP contribution in [0.3, 0.4) is 0 Å². The number of anilines is 2. The zero-order valence-corrected chi connectivity index (χ0v) is 13.6. The topological polar surface area (TPSA) is 71.1 Å². The minimum absolute atomic E-state index is 0.194. The van der Waals surface area contributed by atoms with E-state index in [2.05, 4.69) is 15.6 Å². The number of nitrogens with zero attached hydrogens (tertiary/aromatic N) is 1. The van der Waals surface area contributed by atoms with Crippen LogP contribution in [-0.2, 0) is 4.79 Å². The second kappa shape index (κ2) is 6.68. The van der Waals surface area contributed by atoms with Crippen LogP contribution < -0.4 is 10.6 Å². The van der Waals surface area contributed by atoms with Gasteiger partial charge < -0.3 is 10.6 Å². The van der Waals surface area contributed by atoms with Gasteiger partial charge in [0.25, 0.3) is 5.91 Å². The van der Waals surface area contributed by atoms with E-state index in [-0.39, 0.29) is 11.8 Å². The minimum atomic E-state index is -0.295. The first-order valence-electron chi connectivity index (χ1n) is 7.27. The van der Waals surface area contributed by atoms with Gasteiger partial charge in [-0.15, -0.1) is 0 Å². The van der Waals surface area contributed by atoms with Crippen molar-refractivity contribution in [3.8, 4) is 0 Å². The van der Waals surface area contributed by atoms with Crippen molar-refractivity contribution in [1.29, 1.82) is 0 Å². The number of pyridine rings is 1. The van der Waals surface area contributed by atoms with E-state index in [1.807, 2.05) is 6.07 Å². The Morgan fingerprint density at radius 3 is 2.67 bits per heavy atom. The second-order valence-corrected chi connectivity index (χ2v) is 5.62. The molecule has 0 bridgehead atoms. The van der Waals surface area contributed by atoms with Crippen LogP contribution >= 0.6 is 11.6 Å². The molecule has 0 fully saturated rings. The lowest BCUT2D eigenvalue weighted by Crippen LogP contribution is -2.13. The highest BCUT2D eigenvalue weighted by Gasteiger charge is 2.11. The average Bonchev–Trinajstić information content (AvgIpc) is 2.57. The van der Waals surface area contributed by atoms with Crippen molar-refractivity contribution in [3.05, 3.63) is 65.3 Å². The van der Waals surface area contributed by atoms with E-state index in [0.717, 1.165) is 5.39 Å². The molecule has 0 radical (unpaired) electrons. The van der Waals surface area contributed by atoms with Crippen molar-refractivity contribution in [2.75, 3.05) is 10.6 Å². The van der Waals surface area contributed by atoms with Crippen molar-refractivity contribution >= 4 is 45.7 Å². The molecule has 0 atom stereocenters. The summed E-state index contributed by atoms with van der Waals surface area (Å²) >= 11 is 6.16. The van der Waals surface area contributed by atoms with Crippen LogP contribution in [0.4, 0.5) is 11.4 Å². The number of fused-ring (bicyclic) bond motifs is 1. The van der Waals surface area contributed by atoms with Gasteiger partial charge in [0.2, 0.25) is 5.91 Å². The fourth-order valence-corrected chi connectivity index (χ4v) is 2.59. The molecule has 2 aromatic carbocycles. The van der Waals surface area contributed by atoms with Crippen LogP contribution in [0.25, 0.3) is 10.9 Å². The SMILES string of the molecule is CC(=O)Nc1cccc(C(=O)Nc2ccc(Cl)c3cccnc23)c1. The highest BCUT2D eigenvalue weighted by atomic mass is 35.5. The quantitative estimate of drug-likeness (QED) is 0.754. The summed E-state index contributed by atoms with van der Waals surface area (Å²) in [4.78, 5) is 27.9. The lowest BCUT2D eigenvalue weighted by Gasteiger charge is -2.10. The first-order chi connectivity index (χ1) is 11.5. The number of hydrogen-bond acceptors (Lipinski definition) is 3. The summed E-state index contributed by atoms with van der Waals surface area (Å²) in [7, 11) is 0. The molecule has 1 aromatic heterocycles. The second-order valence-electron chi connectivity index (χ2n) is 5.21. The molecule has 3 aromatic rings. The van der Waals surface area contributed by atoms with Crippen molar-refractivity contribution < 1.29 is 9.59 Å². The molecule has 24 heavy (non-hydrogen) atoms. The highest BCUT2D eigenvalue weighted by Crippen LogP contribution is 2.28. The summed E-state index contributed by atoms with van der Waals surface area (Å²) < 4.78 is 0. The fourth-order valence-electron chi connectivity index (χ4n) is 2.37. The fraction of sp³-hybridized carbons (Fsp3) is 0.0556. The van der Waals surface area contributed by atoms with Crippen molar-refractivity contribution in [1.82, 2.24) is 4.98 Å². The maximum Gasteiger partial charge on any atom is 0.255 e. The largest absolute Gasteiger partial charge is 0.326 e. The molecule has 0 unspecified atom stereocenters. The Labute approximate surface area is 143 Å². The Bertz CT molecular complexity index is 940. The monoisotopic (exact) mass is 339 g/mol. The highest BCUT2D eigenvalue weighted by molar-refractivity contribution is 6.36. The summed E-state index contributed by atoms with van der Waals surface area (Å²) in [5, 5.41) is 6.83. The Morgan fingerprint density at radius 2 is 1.88 bits per heavy atom.